The van der Waals surface area contributed by atoms with Crippen LogP contribution in [0.2, 0.25) is 0 Å². The molecule has 0 unspecified atom stereocenters. The molecular weight excluding hydrogens is 451 g/mol. The number of guanidine groups is 1. The minimum atomic E-state index is 0. The summed E-state index contributed by atoms with van der Waals surface area (Å²) < 4.78 is 5.47. The summed E-state index contributed by atoms with van der Waals surface area (Å²) in [5.41, 5.74) is 4.53. The van der Waals surface area contributed by atoms with Crippen LogP contribution in [-0.2, 0) is 13.1 Å². The van der Waals surface area contributed by atoms with Gasteiger partial charge in [-0.25, -0.2) is 4.99 Å². The first kappa shape index (κ1) is 21.1. The molecule has 0 radical (unpaired) electrons. The molecule has 6 heteroatoms. The fourth-order valence-corrected chi connectivity index (χ4v) is 2.90. The van der Waals surface area contributed by atoms with E-state index in [0.29, 0.717) is 13.1 Å². The van der Waals surface area contributed by atoms with Gasteiger partial charge in [-0.2, -0.15) is 0 Å². The summed E-state index contributed by atoms with van der Waals surface area (Å²) >= 11 is 0. The molecule has 0 fully saturated rings. The fourth-order valence-electron chi connectivity index (χ4n) is 2.90. The van der Waals surface area contributed by atoms with E-state index in [9.17, 15) is 0 Å². The molecule has 0 atom stereocenters. The Morgan fingerprint density at radius 3 is 2.67 bits per heavy atom. The Labute approximate surface area is 177 Å². The molecule has 27 heavy (non-hydrogen) atoms. The zero-order valence-corrected chi connectivity index (χ0v) is 18.3. The van der Waals surface area contributed by atoms with Gasteiger partial charge in [0.15, 0.2) is 5.96 Å². The maximum Gasteiger partial charge on any atom is 0.191 e. The number of nitrogens with one attached hydrogen (secondary N) is 3. The van der Waals surface area contributed by atoms with Crippen LogP contribution in [0.3, 0.4) is 0 Å². The number of rotatable bonds is 6. The van der Waals surface area contributed by atoms with Crippen LogP contribution in [0.15, 0.2) is 53.5 Å². The molecule has 0 bridgehead atoms. The van der Waals surface area contributed by atoms with Crippen LogP contribution in [0.25, 0.3) is 10.9 Å². The molecule has 5 nitrogen and oxygen atoms in total. The van der Waals surface area contributed by atoms with Crippen molar-refractivity contribution in [2.24, 2.45) is 4.99 Å². The molecule has 3 rings (SSSR count). The topological polar surface area (TPSA) is 61.4 Å². The van der Waals surface area contributed by atoms with Crippen molar-refractivity contribution in [1.82, 2.24) is 15.6 Å². The van der Waals surface area contributed by atoms with E-state index in [4.69, 9.17) is 9.73 Å². The van der Waals surface area contributed by atoms with E-state index in [-0.39, 0.29) is 24.0 Å². The first-order chi connectivity index (χ1) is 12.7. The lowest BCUT2D eigenvalue weighted by Gasteiger charge is -2.12. The highest BCUT2D eigenvalue weighted by atomic mass is 127. The molecule has 0 aliphatic rings. The second-order valence-corrected chi connectivity index (χ2v) is 6.25. The third-order valence-electron chi connectivity index (χ3n) is 4.23. The van der Waals surface area contributed by atoms with E-state index < -0.39 is 0 Å². The lowest BCUT2D eigenvalue weighted by Crippen LogP contribution is -2.36. The van der Waals surface area contributed by atoms with Gasteiger partial charge in [0.25, 0.3) is 0 Å². The molecule has 0 amide bonds. The molecule has 0 saturated heterocycles. The number of nitrogens with zero attached hydrogens (tertiary/aromatic N) is 1. The highest BCUT2D eigenvalue weighted by Crippen LogP contribution is 2.20. The maximum absolute atomic E-state index is 5.47. The zero-order chi connectivity index (χ0) is 18.4. The van der Waals surface area contributed by atoms with Gasteiger partial charge in [-0.1, -0.05) is 30.3 Å². The summed E-state index contributed by atoms with van der Waals surface area (Å²) in [5, 5.41) is 7.89. The number of benzene rings is 2. The van der Waals surface area contributed by atoms with Crippen LogP contribution in [0, 0.1) is 6.92 Å². The monoisotopic (exact) mass is 478 g/mol. The van der Waals surface area contributed by atoms with Crippen LogP contribution >= 0.6 is 24.0 Å². The third-order valence-corrected chi connectivity index (χ3v) is 4.23. The summed E-state index contributed by atoms with van der Waals surface area (Å²) in [4.78, 5) is 8.12. The predicted octanol–water partition coefficient (Wildman–Crippen LogP) is 4.36. The van der Waals surface area contributed by atoms with Crippen molar-refractivity contribution in [3.05, 3.63) is 65.4 Å². The van der Waals surface area contributed by atoms with E-state index in [2.05, 4.69) is 59.8 Å². The minimum Gasteiger partial charge on any atom is -0.496 e. The second-order valence-electron chi connectivity index (χ2n) is 6.25. The number of aromatic nitrogens is 1. The quantitative estimate of drug-likeness (QED) is 0.280. The highest BCUT2D eigenvalue weighted by molar-refractivity contribution is 14.0. The summed E-state index contributed by atoms with van der Waals surface area (Å²) in [6, 6.07) is 16.6. The molecule has 3 aromatic rings. The Bertz CT molecular complexity index is 871. The van der Waals surface area contributed by atoms with Crippen LogP contribution in [0.5, 0.6) is 5.75 Å². The molecule has 3 N–H and O–H groups in total. The van der Waals surface area contributed by atoms with Gasteiger partial charge in [0.2, 0.25) is 0 Å². The third kappa shape index (κ3) is 5.63. The van der Waals surface area contributed by atoms with Crippen LogP contribution < -0.4 is 15.4 Å². The number of aliphatic imine (C=N–C) groups is 1. The van der Waals surface area contributed by atoms with E-state index in [1.165, 1.54) is 10.9 Å². The van der Waals surface area contributed by atoms with Crippen LogP contribution in [-0.4, -0.2) is 24.6 Å². The van der Waals surface area contributed by atoms with E-state index >= 15 is 0 Å². The maximum atomic E-state index is 5.47. The average Bonchev–Trinajstić information content (AvgIpc) is 3.07. The molecule has 1 heterocycles. The number of fused-ring (bicyclic) bond motifs is 1. The summed E-state index contributed by atoms with van der Waals surface area (Å²) in [6.45, 7) is 6.18. The van der Waals surface area contributed by atoms with Gasteiger partial charge in [0, 0.05) is 23.3 Å². The van der Waals surface area contributed by atoms with Crippen LogP contribution in [0.4, 0.5) is 0 Å². The number of para-hydroxylation sites is 1. The number of hydrogen-bond donors (Lipinski definition) is 3. The zero-order valence-electron chi connectivity index (χ0n) is 16.0. The number of hydrogen-bond acceptors (Lipinski definition) is 2. The van der Waals surface area contributed by atoms with Gasteiger partial charge in [-0.15, -0.1) is 24.0 Å². The Hall–Kier alpha value is -2.22. The van der Waals surface area contributed by atoms with Gasteiger partial charge in [0.1, 0.15) is 5.75 Å². The first-order valence-electron chi connectivity index (χ1n) is 8.92. The van der Waals surface area contributed by atoms with Gasteiger partial charge in [0.05, 0.1) is 20.2 Å². The van der Waals surface area contributed by atoms with Crippen molar-refractivity contribution in [2.45, 2.75) is 26.9 Å². The molecular formula is C21H27IN4O. The van der Waals surface area contributed by atoms with Gasteiger partial charge >= 0.3 is 0 Å². The number of methoxy groups -OCH3 is 1. The molecule has 2 aromatic carbocycles. The van der Waals surface area contributed by atoms with Crippen molar-refractivity contribution >= 4 is 40.8 Å². The SMILES string of the molecule is CCNC(=NCc1ccc(C)cc1OC)NCc1cc2ccccc2[nH]1.I. The van der Waals surface area contributed by atoms with Crippen molar-refractivity contribution in [3.8, 4) is 5.75 Å². The molecule has 1 aromatic heterocycles. The van der Waals surface area contributed by atoms with Crippen molar-refractivity contribution in [3.63, 3.8) is 0 Å². The molecule has 0 aliphatic heterocycles. The number of aromatic amines is 1. The van der Waals surface area contributed by atoms with Gasteiger partial charge in [-0.05, 0) is 43.0 Å². The fraction of sp³-hybridized carbons (Fsp3) is 0.286. The van der Waals surface area contributed by atoms with E-state index in [0.717, 1.165) is 35.0 Å². The predicted molar refractivity (Wildman–Crippen MR) is 123 cm³/mol. The van der Waals surface area contributed by atoms with Crippen molar-refractivity contribution < 1.29 is 4.74 Å². The largest absolute Gasteiger partial charge is 0.496 e. The normalized spacial score (nSPS) is 11.1. The molecule has 144 valence electrons. The average molecular weight is 478 g/mol. The Kier molecular flexibility index (Phi) is 7.97. The van der Waals surface area contributed by atoms with E-state index in [1.54, 1.807) is 7.11 Å². The van der Waals surface area contributed by atoms with Crippen LogP contribution in [0.1, 0.15) is 23.7 Å². The number of aryl methyl sites for hydroxylation is 1. The molecule has 0 aliphatic carbocycles. The number of H-pyrrole nitrogens is 1. The van der Waals surface area contributed by atoms with Gasteiger partial charge < -0.3 is 20.4 Å². The first-order valence-corrected chi connectivity index (χ1v) is 8.92. The summed E-state index contributed by atoms with van der Waals surface area (Å²) in [5.74, 6) is 1.66. The second kappa shape index (κ2) is 10.2. The minimum absolute atomic E-state index is 0. The Morgan fingerprint density at radius 2 is 1.93 bits per heavy atom. The smallest absolute Gasteiger partial charge is 0.191 e. The molecule has 0 saturated carbocycles. The van der Waals surface area contributed by atoms with Crippen molar-refractivity contribution in [1.29, 1.82) is 0 Å². The molecule has 0 spiro atoms. The number of halogens is 1. The Balaban J connectivity index is 0.00000261. The van der Waals surface area contributed by atoms with E-state index in [1.807, 2.05) is 18.2 Å². The van der Waals surface area contributed by atoms with Gasteiger partial charge in [-0.3, -0.25) is 0 Å². The highest BCUT2D eigenvalue weighted by Gasteiger charge is 2.05. The standard InChI is InChI=1S/C21H26N4O.HI/c1-4-22-21(23-13-17-10-9-15(2)11-20(17)26-3)24-14-18-12-16-7-5-6-8-19(16)25-18;/h5-12,25H,4,13-14H2,1-3H3,(H2,22,23,24);1H. The number of ether oxygens (including phenoxy) is 1. The summed E-state index contributed by atoms with van der Waals surface area (Å²) in [6.07, 6.45) is 0. The lowest BCUT2D eigenvalue weighted by atomic mass is 10.1. The Morgan fingerprint density at radius 1 is 1.11 bits per heavy atom. The lowest BCUT2D eigenvalue weighted by molar-refractivity contribution is 0.409. The van der Waals surface area contributed by atoms with Crippen molar-refractivity contribution in [2.75, 3.05) is 13.7 Å². The summed E-state index contributed by atoms with van der Waals surface area (Å²) in [7, 11) is 1.70.